The van der Waals surface area contributed by atoms with Gasteiger partial charge in [-0.05, 0) is 12.1 Å². The van der Waals surface area contributed by atoms with Crippen LogP contribution in [0.2, 0.25) is 0 Å². The van der Waals surface area contributed by atoms with Crippen LogP contribution in [0.1, 0.15) is 5.56 Å². The molecule has 10 heteroatoms. The van der Waals surface area contributed by atoms with E-state index in [4.69, 9.17) is 21.7 Å². The molecule has 0 spiro atoms. The number of hydrazone groups is 1. The lowest BCUT2D eigenvalue weighted by atomic mass is 10.2. The number of hydrogen-bond acceptors (Lipinski definition) is 6. The predicted octanol–water partition coefficient (Wildman–Crippen LogP) is 1.68. The minimum atomic E-state index is -4.97. The summed E-state index contributed by atoms with van der Waals surface area (Å²) in [6.45, 7) is 0. The van der Waals surface area contributed by atoms with E-state index in [0.717, 1.165) is 12.1 Å². The van der Waals surface area contributed by atoms with Crippen molar-refractivity contribution < 1.29 is 17.9 Å². The van der Waals surface area contributed by atoms with E-state index in [9.17, 15) is 13.2 Å². The van der Waals surface area contributed by atoms with Gasteiger partial charge in [-0.3, -0.25) is 10.8 Å². The van der Waals surface area contributed by atoms with Crippen LogP contribution in [0.25, 0.3) is 0 Å². The lowest BCUT2D eigenvalue weighted by Crippen LogP contribution is -2.22. The normalized spacial score (nSPS) is 11.2. The average Bonchev–Trinajstić information content (AvgIpc) is 2.38. The average molecular weight is 296 g/mol. The molecular weight excluding hydrogens is 289 g/mol. The Bertz CT molecular complexity index is 668. The number of benzene rings is 1. The molecule has 0 aliphatic rings. The zero-order chi connectivity index (χ0) is 16.0. The van der Waals surface area contributed by atoms with Crippen LogP contribution >= 0.6 is 0 Å². The zero-order valence-corrected chi connectivity index (χ0v) is 10.2. The Morgan fingerprint density at radius 2 is 2.05 bits per heavy atom. The minimum absolute atomic E-state index is 0.0594. The van der Waals surface area contributed by atoms with E-state index >= 15 is 0 Å². The topological polar surface area (TPSA) is 131 Å². The third kappa shape index (κ3) is 4.72. The Hall–Kier alpha value is -3.27. The van der Waals surface area contributed by atoms with E-state index < -0.39 is 23.7 Å². The summed E-state index contributed by atoms with van der Waals surface area (Å²) in [4.78, 5) is 0. The second-order valence-electron chi connectivity index (χ2n) is 3.47. The number of alkyl halides is 3. The third-order valence-corrected chi connectivity index (χ3v) is 1.99. The second kappa shape index (κ2) is 6.25. The van der Waals surface area contributed by atoms with Crippen molar-refractivity contribution in [2.24, 2.45) is 10.8 Å². The van der Waals surface area contributed by atoms with E-state index in [1.54, 1.807) is 6.07 Å². The fourth-order valence-electron chi connectivity index (χ4n) is 1.15. The Balaban J connectivity index is 3.15. The van der Waals surface area contributed by atoms with Crippen LogP contribution in [0.4, 0.5) is 18.9 Å². The van der Waals surface area contributed by atoms with Crippen molar-refractivity contribution in [3.63, 3.8) is 0 Å². The molecular formula is C11H7F3N6O. The van der Waals surface area contributed by atoms with Crippen LogP contribution in [0.15, 0.2) is 23.3 Å². The van der Waals surface area contributed by atoms with Crippen LogP contribution in [0, 0.1) is 28.1 Å². The first-order valence-corrected chi connectivity index (χ1v) is 5.15. The summed E-state index contributed by atoms with van der Waals surface area (Å²) in [6, 6.07) is 6.33. The highest BCUT2D eigenvalue weighted by molar-refractivity contribution is 6.45. The van der Waals surface area contributed by atoms with Gasteiger partial charge in [0.1, 0.15) is 6.07 Å². The van der Waals surface area contributed by atoms with E-state index in [1.165, 1.54) is 12.1 Å². The molecule has 108 valence electrons. The molecule has 0 unspecified atom stereocenters. The van der Waals surface area contributed by atoms with E-state index in [1.807, 2.05) is 0 Å². The molecule has 1 rings (SSSR count). The smallest absolute Gasteiger partial charge is 0.403 e. The molecule has 4 N–H and O–H groups in total. The van der Waals surface area contributed by atoms with Crippen molar-refractivity contribution in [1.82, 2.24) is 0 Å². The quantitative estimate of drug-likeness (QED) is 0.442. The fourth-order valence-corrected chi connectivity index (χ4v) is 1.15. The molecule has 0 atom stereocenters. The Morgan fingerprint density at radius 1 is 1.38 bits per heavy atom. The van der Waals surface area contributed by atoms with Gasteiger partial charge in [0.15, 0.2) is 11.6 Å². The van der Waals surface area contributed by atoms with Gasteiger partial charge in [-0.1, -0.05) is 0 Å². The van der Waals surface area contributed by atoms with Crippen LogP contribution in [-0.2, 0) is 0 Å². The zero-order valence-electron chi connectivity index (χ0n) is 10.2. The van der Waals surface area contributed by atoms with Gasteiger partial charge in [-0.2, -0.15) is 15.6 Å². The van der Waals surface area contributed by atoms with Gasteiger partial charge in [-0.15, -0.1) is 13.2 Å². The highest BCUT2D eigenvalue weighted by Gasteiger charge is 2.32. The molecule has 21 heavy (non-hydrogen) atoms. The number of ether oxygens (including phenoxy) is 1. The largest absolute Gasteiger partial charge is 0.573 e. The fraction of sp³-hybridized carbons (Fsp3) is 0.0909. The van der Waals surface area contributed by atoms with Crippen LogP contribution < -0.4 is 15.9 Å². The van der Waals surface area contributed by atoms with Crippen molar-refractivity contribution in [2.45, 2.75) is 6.36 Å². The number of hydrogen-bond donors (Lipinski definition) is 3. The van der Waals surface area contributed by atoms with E-state index in [2.05, 4.69) is 15.3 Å². The highest BCUT2D eigenvalue weighted by atomic mass is 19.4. The van der Waals surface area contributed by atoms with Gasteiger partial charge in [0.25, 0.3) is 0 Å². The predicted molar refractivity (Wildman–Crippen MR) is 66.4 cm³/mol. The first-order chi connectivity index (χ1) is 9.76. The molecule has 7 nitrogen and oxygen atoms in total. The molecule has 1 aromatic carbocycles. The van der Waals surface area contributed by atoms with Crippen molar-refractivity contribution in [3.05, 3.63) is 23.8 Å². The van der Waals surface area contributed by atoms with Crippen LogP contribution in [-0.4, -0.2) is 17.9 Å². The summed E-state index contributed by atoms with van der Waals surface area (Å²) in [6.07, 6.45) is -4.97. The van der Waals surface area contributed by atoms with Gasteiger partial charge < -0.3 is 10.5 Å². The maximum Gasteiger partial charge on any atom is 0.573 e. The summed E-state index contributed by atoms with van der Waals surface area (Å²) in [5.41, 5.74) is 6.34. The third-order valence-electron chi connectivity index (χ3n) is 1.99. The molecule has 0 saturated heterocycles. The van der Waals surface area contributed by atoms with Gasteiger partial charge in [0, 0.05) is 6.07 Å². The molecule has 0 saturated carbocycles. The van der Waals surface area contributed by atoms with Gasteiger partial charge in [-0.25, -0.2) is 0 Å². The molecule has 0 fully saturated rings. The van der Waals surface area contributed by atoms with Gasteiger partial charge >= 0.3 is 6.36 Å². The van der Waals surface area contributed by atoms with E-state index in [0.29, 0.717) is 0 Å². The lowest BCUT2D eigenvalue weighted by molar-refractivity contribution is -0.274. The number of amidine groups is 1. The molecule has 0 bridgehead atoms. The summed E-state index contributed by atoms with van der Waals surface area (Å²) in [7, 11) is 0. The van der Waals surface area contributed by atoms with Crippen molar-refractivity contribution in [1.29, 1.82) is 15.9 Å². The standard InChI is InChI=1S/C11H7F3N6O/c12-11(13,14)21-9-3-6(4-15)1-2-7(9)19-20-8(5-16)10(17)18/h1-3,19H,(H3,17,18)/b20-8+. The molecule has 0 aromatic heterocycles. The Morgan fingerprint density at radius 3 is 2.52 bits per heavy atom. The number of nitrogens with two attached hydrogens (primary N) is 1. The first-order valence-electron chi connectivity index (χ1n) is 5.15. The van der Waals surface area contributed by atoms with Crippen molar-refractivity contribution in [3.8, 4) is 17.9 Å². The van der Waals surface area contributed by atoms with E-state index in [-0.39, 0.29) is 11.3 Å². The molecule has 1 aromatic rings. The second-order valence-corrected chi connectivity index (χ2v) is 3.47. The molecule has 0 radical (unpaired) electrons. The summed E-state index contributed by atoms with van der Waals surface area (Å²) < 4.78 is 40.6. The number of nitriles is 2. The van der Waals surface area contributed by atoms with Crippen LogP contribution in [0.5, 0.6) is 5.75 Å². The summed E-state index contributed by atoms with van der Waals surface area (Å²) >= 11 is 0. The maximum atomic E-state index is 12.3. The molecule has 0 heterocycles. The number of nitrogens with one attached hydrogen (secondary N) is 2. The van der Waals surface area contributed by atoms with Crippen LogP contribution in [0.3, 0.4) is 0 Å². The summed E-state index contributed by atoms with van der Waals surface area (Å²) in [5, 5.41) is 27.7. The first kappa shape index (κ1) is 15.8. The molecule has 0 amide bonds. The number of rotatable bonds is 4. The minimum Gasteiger partial charge on any atom is -0.403 e. The Kier molecular flexibility index (Phi) is 4.70. The van der Waals surface area contributed by atoms with Gasteiger partial charge in [0.05, 0.1) is 17.3 Å². The SMILES string of the molecule is N#C/C(=N\Nc1ccc(C#N)cc1OC(F)(F)F)C(=N)N. The van der Waals surface area contributed by atoms with Crippen molar-refractivity contribution in [2.75, 3.05) is 5.43 Å². The van der Waals surface area contributed by atoms with Crippen molar-refractivity contribution >= 4 is 17.2 Å². The number of halogens is 3. The molecule has 0 aliphatic carbocycles. The van der Waals surface area contributed by atoms with Gasteiger partial charge in [0.2, 0.25) is 5.71 Å². The maximum absolute atomic E-state index is 12.3. The monoisotopic (exact) mass is 296 g/mol. The number of anilines is 1. The summed E-state index contributed by atoms with van der Waals surface area (Å²) in [5.74, 6) is -1.36. The lowest BCUT2D eigenvalue weighted by Gasteiger charge is -2.13. The highest BCUT2D eigenvalue weighted by Crippen LogP contribution is 2.31. The molecule has 0 aliphatic heterocycles. The number of nitrogens with zero attached hydrogens (tertiary/aromatic N) is 3. The Labute approximate surface area is 116 Å².